The summed E-state index contributed by atoms with van der Waals surface area (Å²) in [4.78, 5) is 34.9. The van der Waals surface area contributed by atoms with Crippen molar-refractivity contribution >= 4 is 34.0 Å². The molecule has 0 aromatic carbocycles. The molecule has 11 rings (SSSR count). The van der Waals surface area contributed by atoms with Crippen LogP contribution in [0.15, 0.2) is 37.4 Å². The SMILES string of the molecule is CCc1cnn(-c2nc(NC3CCC(Nc4nc(-n5ncc(CC)n5)nc5c4ncn5[C@@H]4C[C@H](n5ncc(CC)n5)[C@@H](O)[C@H]4O)CC3)c3ncn([C@@H]4C[C@H](n5ncc(CC)n5)[C@@H](O)[C@H]4O)c3n2)n1. The van der Waals surface area contributed by atoms with E-state index in [1.165, 1.54) is 19.2 Å². The predicted octanol–water partition coefficient (Wildman–Crippen LogP) is 1.21. The van der Waals surface area contributed by atoms with Gasteiger partial charge in [-0.25, -0.2) is 9.97 Å². The Labute approximate surface area is 387 Å². The highest BCUT2D eigenvalue weighted by Crippen LogP contribution is 2.41. The van der Waals surface area contributed by atoms with E-state index in [9.17, 15) is 20.4 Å². The van der Waals surface area contributed by atoms with Gasteiger partial charge in [-0.2, -0.15) is 70.3 Å². The molecule has 26 nitrogen and oxygen atoms in total. The number of aliphatic hydroxyl groups is 4. The third-order valence-electron chi connectivity index (χ3n) is 13.8. The van der Waals surface area contributed by atoms with Crippen molar-refractivity contribution in [1.82, 2.24) is 99.0 Å². The van der Waals surface area contributed by atoms with Gasteiger partial charge in [0.2, 0.25) is 0 Å². The van der Waals surface area contributed by atoms with Gasteiger partial charge in [-0.3, -0.25) is 0 Å². The summed E-state index contributed by atoms with van der Waals surface area (Å²) in [5.74, 6) is 1.48. The van der Waals surface area contributed by atoms with Crippen molar-refractivity contribution in [1.29, 1.82) is 0 Å². The minimum Gasteiger partial charge on any atom is -0.388 e. The first-order chi connectivity index (χ1) is 33.1. The van der Waals surface area contributed by atoms with E-state index in [4.69, 9.17) is 29.9 Å². The Hall–Kier alpha value is -6.90. The molecule has 6 N–H and O–H groups in total. The van der Waals surface area contributed by atoms with Crippen molar-refractivity contribution in [2.24, 2.45) is 0 Å². The molecule has 26 heteroatoms. The van der Waals surface area contributed by atoms with Gasteiger partial charge in [-0.15, -0.1) is 9.59 Å². The molecule has 0 saturated heterocycles. The van der Waals surface area contributed by atoms with Crippen LogP contribution < -0.4 is 10.6 Å². The first-order valence-corrected chi connectivity index (χ1v) is 23.5. The number of imidazole rings is 2. The Kier molecular flexibility index (Phi) is 11.3. The lowest BCUT2D eigenvalue weighted by Crippen LogP contribution is -2.33. The Balaban J connectivity index is 0.852. The molecule has 3 saturated carbocycles. The highest BCUT2D eigenvalue weighted by atomic mass is 16.3. The lowest BCUT2D eigenvalue weighted by Gasteiger charge is -2.30. The maximum absolute atomic E-state index is 11.4. The van der Waals surface area contributed by atoms with Gasteiger partial charge in [0.1, 0.15) is 36.5 Å². The minimum atomic E-state index is -1.14. The van der Waals surface area contributed by atoms with Crippen LogP contribution in [-0.2, 0) is 25.7 Å². The van der Waals surface area contributed by atoms with Crippen LogP contribution in [0.4, 0.5) is 11.6 Å². The van der Waals surface area contributed by atoms with Crippen LogP contribution in [0.25, 0.3) is 34.2 Å². The lowest BCUT2D eigenvalue weighted by molar-refractivity contribution is 0.00496. The number of aryl methyl sites for hydroxylation is 4. The van der Waals surface area contributed by atoms with Crippen molar-refractivity contribution in [2.75, 3.05) is 10.6 Å². The zero-order chi connectivity index (χ0) is 46.8. The fourth-order valence-electron chi connectivity index (χ4n) is 9.79. The zero-order valence-corrected chi connectivity index (χ0v) is 38.0. The highest BCUT2D eigenvalue weighted by molar-refractivity contribution is 5.85. The second kappa shape index (κ2) is 17.6. The van der Waals surface area contributed by atoms with Crippen LogP contribution in [0.3, 0.4) is 0 Å². The fraction of sp³-hybridized carbons (Fsp3) is 0.571. The van der Waals surface area contributed by atoms with Gasteiger partial charge in [-0.05, 0) is 64.2 Å². The van der Waals surface area contributed by atoms with Gasteiger partial charge in [-0.1, -0.05) is 27.7 Å². The topological polar surface area (TPSA) is 315 Å². The molecule has 0 bridgehead atoms. The zero-order valence-electron chi connectivity index (χ0n) is 38.0. The van der Waals surface area contributed by atoms with Crippen molar-refractivity contribution < 1.29 is 20.4 Å². The normalized spacial score (nSPS) is 26.4. The van der Waals surface area contributed by atoms with Crippen LogP contribution in [-0.4, -0.2) is 156 Å². The van der Waals surface area contributed by atoms with Gasteiger partial charge in [0, 0.05) is 12.1 Å². The van der Waals surface area contributed by atoms with E-state index < -0.39 is 48.6 Å². The summed E-state index contributed by atoms with van der Waals surface area (Å²) in [6.07, 6.45) is 12.0. The summed E-state index contributed by atoms with van der Waals surface area (Å²) in [6, 6.07) is -2.25. The summed E-state index contributed by atoms with van der Waals surface area (Å²) in [5, 5.41) is 88.6. The molecular weight excluding hydrogens is 877 g/mol. The lowest BCUT2D eigenvalue weighted by atomic mass is 9.91. The molecule has 3 aliphatic rings. The Bertz CT molecular complexity index is 2850. The molecule has 8 heterocycles. The van der Waals surface area contributed by atoms with E-state index in [1.54, 1.807) is 46.6 Å². The molecule has 68 heavy (non-hydrogen) atoms. The maximum Gasteiger partial charge on any atom is 0.272 e. The Morgan fingerprint density at radius 1 is 0.485 bits per heavy atom. The summed E-state index contributed by atoms with van der Waals surface area (Å²) >= 11 is 0. The molecule has 356 valence electrons. The standard InChI is InChI=1S/C42H54N22O4/c1-5-21-15-45-61(55-21)29-13-27(33(65)35(29)67)59-19-43-31-37(51-41(53-39(31)59)63-47-17-23(7-3)57-63)49-25-9-11-26(12-10-25)50-38-32-40(54-42(52-38)64-48-18-24(8-4)58-64)60(20-44-32)28-14-30(36(68)34(28)66)62-46-16-22(6-2)56-62/h15-20,25-30,33-36,65-68H,5-14H2,1-4H3,(H,49,51,53)(H,50,52,54)/t25?,26?,27-,28-,29+,30+,33+,34+,35-,36-/m1/s1. The van der Waals surface area contributed by atoms with E-state index in [0.29, 0.717) is 72.5 Å². The molecule has 8 aromatic heterocycles. The highest BCUT2D eigenvalue weighted by Gasteiger charge is 2.47. The largest absolute Gasteiger partial charge is 0.388 e. The summed E-state index contributed by atoms with van der Waals surface area (Å²) in [5.41, 5.74) is 5.10. The quantitative estimate of drug-likeness (QED) is 0.0893. The third kappa shape index (κ3) is 7.69. The minimum absolute atomic E-state index is 0.00435. The molecule has 0 unspecified atom stereocenters. The number of nitrogens with zero attached hydrogens (tertiary/aromatic N) is 20. The molecule has 0 radical (unpaired) electrons. The maximum atomic E-state index is 11.4. The molecule has 3 aliphatic carbocycles. The third-order valence-corrected chi connectivity index (χ3v) is 13.8. The number of aliphatic hydroxyl groups excluding tert-OH is 4. The fourth-order valence-corrected chi connectivity index (χ4v) is 9.79. The monoisotopic (exact) mass is 930 g/mol. The van der Waals surface area contributed by atoms with Crippen molar-refractivity contribution in [2.45, 2.75) is 153 Å². The van der Waals surface area contributed by atoms with Gasteiger partial charge in [0.05, 0.1) is 72.3 Å². The molecule has 0 amide bonds. The molecule has 0 spiro atoms. The Morgan fingerprint density at radius 3 is 1.22 bits per heavy atom. The first-order valence-electron chi connectivity index (χ1n) is 23.5. The van der Waals surface area contributed by atoms with Gasteiger partial charge >= 0.3 is 0 Å². The van der Waals surface area contributed by atoms with Crippen LogP contribution in [0.2, 0.25) is 0 Å². The number of nitrogens with one attached hydrogen (secondary N) is 2. The molecule has 8 aromatic rings. The second-order valence-electron chi connectivity index (χ2n) is 17.9. The Morgan fingerprint density at radius 2 is 0.853 bits per heavy atom. The number of rotatable bonds is 14. The van der Waals surface area contributed by atoms with E-state index >= 15 is 0 Å². The summed E-state index contributed by atoms with van der Waals surface area (Å²) in [6.45, 7) is 7.97. The average molecular weight is 931 g/mol. The van der Waals surface area contributed by atoms with Crippen LogP contribution in [0, 0.1) is 0 Å². The van der Waals surface area contributed by atoms with Gasteiger partial charge < -0.3 is 40.2 Å². The van der Waals surface area contributed by atoms with Crippen LogP contribution >= 0.6 is 0 Å². The number of anilines is 2. The number of hydrogen-bond acceptors (Lipinski definition) is 20. The van der Waals surface area contributed by atoms with Crippen LogP contribution in [0.5, 0.6) is 0 Å². The molecule has 0 aliphatic heterocycles. The first kappa shape index (κ1) is 43.7. The number of aromatic nitrogens is 20. The van der Waals surface area contributed by atoms with Crippen LogP contribution in [0.1, 0.15) is 113 Å². The average Bonchev–Trinajstić information content (AvgIpc) is 4.22. The predicted molar refractivity (Wildman–Crippen MR) is 241 cm³/mol. The van der Waals surface area contributed by atoms with E-state index in [2.05, 4.69) is 51.4 Å². The van der Waals surface area contributed by atoms with Crippen molar-refractivity contribution in [3.05, 3.63) is 60.2 Å². The van der Waals surface area contributed by atoms with Crippen molar-refractivity contribution in [3.8, 4) is 11.9 Å². The summed E-state index contributed by atoms with van der Waals surface area (Å²) < 4.78 is 3.59. The number of hydrogen-bond donors (Lipinski definition) is 6. The second-order valence-corrected chi connectivity index (χ2v) is 17.9. The summed E-state index contributed by atoms with van der Waals surface area (Å²) in [7, 11) is 0. The van der Waals surface area contributed by atoms with Crippen molar-refractivity contribution in [3.63, 3.8) is 0 Å². The van der Waals surface area contributed by atoms with E-state index in [0.717, 1.165) is 48.5 Å². The van der Waals surface area contributed by atoms with E-state index in [1.807, 2.05) is 27.7 Å². The van der Waals surface area contributed by atoms with E-state index in [-0.39, 0.29) is 24.0 Å². The molecule has 3 fully saturated rings. The number of fused-ring (bicyclic) bond motifs is 2. The molecule has 8 atom stereocenters. The molecular formula is C42H54N22O4. The van der Waals surface area contributed by atoms with Gasteiger partial charge in [0.15, 0.2) is 34.0 Å². The smallest absolute Gasteiger partial charge is 0.272 e. The van der Waals surface area contributed by atoms with Gasteiger partial charge in [0.25, 0.3) is 11.9 Å².